The van der Waals surface area contributed by atoms with Crippen molar-refractivity contribution in [1.29, 1.82) is 0 Å². The SMILES string of the molecule is CNc1cn2ncc(Oc3cnc4nc(Nc5cc(C(=O)N(C)C)c(F)c(C(F)(F)F)c5)n(C)c4c3C)c2cn1. The van der Waals surface area contributed by atoms with E-state index in [0.29, 0.717) is 40.0 Å². The van der Waals surface area contributed by atoms with Crippen LogP contribution >= 0.6 is 0 Å². The lowest BCUT2D eigenvalue weighted by molar-refractivity contribution is -0.140. The number of imidazole rings is 1. The van der Waals surface area contributed by atoms with Crippen molar-refractivity contribution < 1.29 is 27.1 Å². The first-order valence-electron chi connectivity index (χ1n) is 11.8. The predicted molar refractivity (Wildman–Crippen MR) is 139 cm³/mol. The Hall–Kier alpha value is -4.95. The number of hydrogen-bond donors (Lipinski definition) is 2. The highest BCUT2D eigenvalue weighted by molar-refractivity contribution is 5.95. The van der Waals surface area contributed by atoms with Crippen LogP contribution in [0.15, 0.2) is 36.9 Å². The maximum Gasteiger partial charge on any atom is 0.419 e. The van der Waals surface area contributed by atoms with Crippen molar-refractivity contribution >= 4 is 40.0 Å². The van der Waals surface area contributed by atoms with E-state index in [1.165, 1.54) is 26.5 Å². The summed E-state index contributed by atoms with van der Waals surface area (Å²) < 4.78 is 64.7. The first-order chi connectivity index (χ1) is 18.9. The minimum atomic E-state index is -5.03. The van der Waals surface area contributed by atoms with Crippen LogP contribution in [0.2, 0.25) is 0 Å². The Morgan fingerprint density at radius 2 is 1.85 bits per heavy atom. The molecule has 0 aliphatic heterocycles. The summed E-state index contributed by atoms with van der Waals surface area (Å²) in [6.07, 6.45) is 1.29. The van der Waals surface area contributed by atoms with Gasteiger partial charge >= 0.3 is 6.18 Å². The summed E-state index contributed by atoms with van der Waals surface area (Å²) in [5.41, 5.74) is -0.387. The lowest BCUT2D eigenvalue weighted by atomic mass is 10.1. The molecule has 1 amide bonds. The molecule has 4 heterocycles. The second-order valence-corrected chi connectivity index (χ2v) is 9.09. The van der Waals surface area contributed by atoms with Gasteiger partial charge in [-0.3, -0.25) is 4.79 Å². The molecule has 40 heavy (non-hydrogen) atoms. The van der Waals surface area contributed by atoms with Crippen molar-refractivity contribution in [3.8, 4) is 11.5 Å². The molecular formula is C25H23F4N9O2. The number of aromatic nitrogens is 6. The summed E-state index contributed by atoms with van der Waals surface area (Å²) in [5, 5.41) is 9.97. The van der Waals surface area contributed by atoms with E-state index in [1.807, 2.05) is 0 Å². The smallest absolute Gasteiger partial charge is 0.419 e. The normalized spacial score (nSPS) is 11.7. The zero-order chi connectivity index (χ0) is 28.9. The van der Waals surface area contributed by atoms with Crippen LogP contribution in [0.3, 0.4) is 0 Å². The number of nitrogens with zero attached hydrogens (tertiary/aromatic N) is 7. The van der Waals surface area contributed by atoms with Crippen molar-refractivity contribution in [3.05, 3.63) is 59.4 Å². The number of carbonyl (C=O) groups excluding carboxylic acids is 1. The van der Waals surface area contributed by atoms with Gasteiger partial charge in [0.25, 0.3) is 5.91 Å². The number of hydrogen-bond acceptors (Lipinski definition) is 8. The van der Waals surface area contributed by atoms with Crippen molar-refractivity contribution in [1.82, 2.24) is 34.0 Å². The number of fused-ring (bicyclic) bond motifs is 2. The number of carbonyl (C=O) groups is 1. The average molecular weight is 558 g/mol. The molecule has 1 aromatic carbocycles. The van der Waals surface area contributed by atoms with Gasteiger partial charge in [0.1, 0.15) is 17.2 Å². The molecule has 11 nitrogen and oxygen atoms in total. The molecule has 0 saturated carbocycles. The largest absolute Gasteiger partial charge is 0.451 e. The van der Waals surface area contributed by atoms with Crippen LogP contribution < -0.4 is 15.4 Å². The molecule has 0 atom stereocenters. The number of alkyl halides is 3. The predicted octanol–water partition coefficient (Wildman–Crippen LogP) is 4.76. The van der Waals surface area contributed by atoms with Crippen LogP contribution in [0.5, 0.6) is 11.5 Å². The van der Waals surface area contributed by atoms with Gasteiger partial charge in [-0.05, 0) is 19.1 Å². The van der Waals surface area contributed by atoms with E-state index in [-0.39, 0.29) is 17.3 Å². The van der Waals surface area contributed by atoms with E-state index in [0.717, 1.165) is 11.0 Å². The lowest BCUT2D eigenvalue weighted by Gasteiger charge is -2.17. The van der Waals surface area contributed by atoms with Gasteiger partial charge in [-0.25, -0.2) is 18.9 Å². The Labute approximate surface area is 224 Å². The van der Waals surface area contributed by atoms with E-state index in [2.05, 4.69) is 30.7 Å². The third-order valence-corrected chi connectivity index (χ3v) is 6.22. The molecule has 4 aromatic heterocycles. The summed E-state index contributed by atoms with van der Waals surface area (Å²) in [6.45, 7) is 1.78. The standard InChI is InChI=1S/C25H23F4N9O2/c1-12-17(40-18-10-33-38-11-19(30-2)31-8-16(18)38)9-32-22-21(12)37(5)24(35-22)34-13-6-14(23(39)36(3)4)20(26)15(7-13)25(27,28)29/h6-11,30H,1-5H3,(H,32,34,35). The highest BCUT2D eigenvalue weighted by Gasteiger charge is 2.37. The number of aryl methyl sites for hydroxylation is 2. The molecule has 5 aromatic rings. The molecule has 0 bridgehead atoms. The van der Waals surface area contributed by atoms with Crippen molar-refractivity contribution in [2.75, 3.05) is 31.8 Å². The number of anilines is 3. The summed E-state index contributed by atoms with van der Waals surface area (Å²) >= 11 is 0. The summed E-state index contributed by atoms with van der Waals surface area (Å²) in [6, 6.07) is 1.61. The lowest BCUT2D eigenvalue weighted by Crippen LogP contribution is -2.24. The first kappa shape index (κ1) is 26.6. The fourth-order valence-electron chi connectivity index (χ4n) is 4.16. The minimum absolute atomic E-state index is 0.116. The number of benzene rings is 1. The van der Waals surface area contributed by atoms with Crippen LogP contribution in [0.4, 0.5) is 35.0 Å². The van der Waals surface area contributed by atoms with Gasteiger partial charge in [-0.1, -0.05) is 0 Å². The number of halogens is 4. The van der Waals surface area contributed by atoms with Crippen molar-refractivity contribution in [3.63, 3.8) is 0 Å². The maximum absolute atomic E-state index is 14.7. The molecule has 5 rings (SSSR count). The number of rotatable bonds is 6. The van der Waals surface area contributed by atoms with Crippen LogP contribution in [0, 0.1) is 12.7 Å². The Bertz CT molecular complexity index is 1780. The highest BCUT2D eigenvalue weighted by Crippen LogP contribution is 2.37. The molecule has 0 radical (unpaired) electrons. The number of amides is 1. The molecule has 2 N–H and O–H groups in total. The van der Waals surface area contributed by atoms with Gasteiger partial charge < -0.3 is 24.8 Å². The molecular weight excluding hydrogens is 534 g/mol. The summed E-state index contributed by atoms with van der Waals surface area (Å²) in [5.74, 6) is -0.991. The first-order valence-corrected chi connectivity index (χ1v) is 11.8. The molecule has 0 aliphatic carbocycles. The highest BCUT2D eigenvalue weighted by atomic mass is 19.4. The van der Waals surface area contributed by atoms with E-state index >= 15 is 0 Å². The molecule has 0 spiro atoms. The number of nitrogens with one attached hydrogen (secondary N) is 2. The second kappa shape index (κ2) is 9.66. The minimum Gasteiger partial charge on any atom is -0.451 e. The van der Waals surface area contributed by atoms with E-state index in [4.69, 9.17) is 4.74 Å². The van der Waals surface area contributed by atoms with E-state index in [9.17, 15) is 22.4 Å². The van der Waals surface area contributed by atoms with E-state index in [1.54, 1.807) is 42.5 Å². The van der Waals surface area contributed by atoms with Gasteiger partial charge in [-0.15, -0.1) is 0 Å². The van der Waals surface area contributed by atoms with Gasteiger partial charge in [0.15, 0.2) is 17.1 Å². The Morgan fingerprint density at radius 1 is 1.10 bits per heavy atom. The van der Waals surface area contributed by atoms with Crippen molar-refractivity contribution in [2.45, 2.75) is 13.1 Å². The monoisotopic (exact) mass is 557 g/mol. The van der Waals surface area contributed by atoms with Gasteiger partial charge in [0.05, 0.1) is 41.4 Å². The van der Waals surface area contributed by atoms with Gasteiger partial charge in [-0.2, -0.15) is 23.3 Å². The number of ether oxygens (including phenoxy) is 1. The Morgan fingerprint density at radius 3 is 2.52 bits per heavy atom. The molecule has 0 aliphatic rings. The van der Waals surface area contributed by atoms with Crippen LogP contribution in [-0.4, -0.2) is 61.1 Å². The topological polar surface area (TPSA) is 114 Å². The average Bonchev–Trinajstić information content (AvgIpc) is 3.45. The summed E-state index contributed by atoms with van der Waals surface area (Å²) in [7, 11) is 6.01. The molecule has 0 fully saturated rings. The molecule has 15 heteroatoms. The maximum atomic E-state index is 14.7. The van der Waals surface area contributed by atoms with Crippen LogP contribution in [0.25, 0.3) is 16.7 Å². The quantitative estimate of drug-likeness (QED) is 0.288. The van der Waals surface area contributed by atoms with Crippen LogP contribution in [0.1, 0.15) is 21.5 Å². The molecule has 0 unspecified atom stereocenters. The van der Waals surface area contributed by atoms with Crippen molar-refractivity contribution in [2.24, 2.45) is 7.05 Å². The third kappa shape index (κ3) is 4.58. The third-order valence-electron chi connectivity index (χ3n) is 6.22. The zero-order valence-corrected chi connectivity index (χ0v) is 21.9. The molecule has 208 valence electrons. The Balaban J connectivity index is 1.52. The second-order valence-electron chi connectivity index (χ2n) is 9.09. The molecule has 0 saturated heterocycles. The fraction of sp³-hybridized carbons (Fsp3) is 0.240. The van der Waals surface area contributed by atoms with Crippen LogP contribution in [-0.2, 0) is 13.2 Å². The summed E-state index contributed by atoms with van der Waals surface area (Å²) in [4.78, 5) is 26.4. The van der Waals surface area contributed by atoms with E-state index < -0.39 is 29.0 Å². The van der Waals surface area contributed by atoms with Gasteiger partial charge in [0, 0.05) is 39.4 Å². The van der Waals surface area contributed by atoms with Gasteiger partial charge in [0.2, 0.25) is 5.95 Å². The Kier molecular flexibility index (Phi) is 6.44. The number of pyridine rings is 1. The zero-order valence-electron chi connectivity index (χ0n) is 21.9. The fourth-order valence-corrected chi connectivity index (χ4v) is 4.16.